The van der Waals surface area contributed by atoms with Crippen molar-refractivity contribution in [2.24, 2.45) is 5.73 Å². The van der Waals surface area contributed by atoms with Crippen molar-refractivity contribution in [2.45, 2.75) is 38.7 Å². The van der Waals surface area contributed by atoms with E-state index in [9.17, 15) is 13.6 Å². The summed E-state index contributed by atoms with van der Waals surface area (Å²) in [5.41, 5.74) is 5.11. The highest BCUT2D eigenvalue weighted by Crippen LogP contribution is 2.34. The lowest BCUT2D eigenvalue weighted by atomic mass is 9.81. The summed E-state index contributed by atoms with van der Waals surface area (Å²) in [7, 11) is 3.25. The lowest BCUT2D eigenvalue weighted by Gasteiger charge is -2.33. The number of rotatable bonds is 5. The molecule has 136 valence electrons. The molecule has 0 fully saturated rings. The van der Waals surface area contributed by atoms with E-state index in [0.717, 1.165) is 6.07 Å². The molecule has 1 rings (SSSR count). The largest absolute Gasteiger partial charge is 0.444 e. The summed E-state index contributed by atoms with van der Waals surface area (Å²) in [6, 6.07) is 2.57. The summed E-state index contributed by atoms with van der Waals surface area (Å²) in [6.07, 6.45) is -0.587. The minimum atomic E-state index is -0.936. The van der Waals surface area contributed by atoms with Gasteiger partial charge in [-0.3, -0.25) is 0 Å². The first kappa shape index (κ1) is 20.2. The minimum Gasteiger partial charge on any atom is -0.444 e. The second-order valence-corrected chi connectivity index (χ2v) is 7.27. The molecule has 0 aliphatic rings. The van der Waals surface area contributed by atoms with Gasteiger partial charge in [0.15, 0.2) is 11.6 Å². The third-order valence-corrected chi connectivity index (χ3v) is 3.64. The monoisotopic (exact) mass is 343 g/mol. The topological polar surface area (TPSA) is 67.6 Å². The number of carbonyl (C=O) groups excluding carboxylic acids is 1. The first-order valence-electron chi connectivity index (χ1n) is 7.74. The van der Waals surface area contributed by atoms with Gasteiger partial charge in [-0.25, -0.2) is 13.6 Å². The van der Waals surface area contributed by atoms with Crippen molar-refractivity contribution in [1.29, 1.82) is 0 Å². The van der Waals surface area contributed by atoms with Crippen LogP contribution in [0.25, 0.3) is 0 Å². The second kappa shape index (κ2) is 7.34. The van der Waals surface area contributed by atoms with Crippen LogP contribution < -0.4 is 16.0 Å². The van der Waals surface area contributed by atoms with Crippen LogP contribution in [0.2, 0.25) is 0 Å². The summed E-state index contributed by atoms with van der Waals surface area (Å²) >= 11 is 0. The summed E-state index contributed by atoms with van der Waals surface area (Å²) in [4.78, 5) is 13.4. The molecule has 1 aromatic carbocycles. The number of benzene rings is 1. The predicted molar refractivity (Wildman–Crippen MR) is 91.3 cm³/mol. The number of nitrogens with one attached hydrogen (secondary N) is 1. The summed E-state index contributed by atoms with van der Waals surface area (Å²) in [6.45, 7) is 7.32. The third-order valence-electron chi connectivity index (χ3n) is 3.64. The Hall–Kier alpha value is -1.89. The van der Waals surface area contributed by atoms with Gasteiger partial charge in [0.1, 0.15) is 5.60 Å². The molecule has 5 nitrogen and oxygen atoms in total. The van der Waals surface area contributed by atoms with E-state index in [2.05, 4.69) is 5.32 Å². The van der Waals surface area contributed by atoms with Gasteiger partial charge in [0.25, 0.3) is 0 Å². The van der Waals surface area contributed by atoms with E-state index in [-0.39, 0.29) is 18.8 Å². The second-order valence-electron chi connectivity index (χ2n) is 7.27. The molecular weight excluding hydrogens is 316 g/mol. The maximum atomic E-state index is 14.2. The molecule has 0 radical (unpaired) electrons. The highest BCUT2D eigenvalue weighted by atomic mass is 19.2. The molecule has 3 N–H and O–H groups in total. The van der Waals surface area contributed by atoms with Gasteiger partial charge in [-0.05, 0) is 32.4 Å². The maximum Gasteiger partial charge on any atom is 0.407 e. The highest BCUT2D eigenvalue weighted by Gasteiger charge is 2.32. The van der Waals surface area contributed by atoms with E-state index in [0.29, 0.717) is 5.56 Å². The van der Waals surface area contributed by atoms with Crippen LogP contribution in [0.5, 0.6) is 0 Å². The summed E-state index contributed by atoms with van der Waals surface area (Å²) in [5, 5.41) is 2.65. The van der Waals surface area contributed by atoms with Crippen molar-refractivity contribution in [3.8, 4) is 0 Å². The Labute approximate surface area is 142 Å². The van der Waals surface area contributed by atoms with Gasteiger partial charge in [0.05, 0.1) is 5.69 Å². The maximum absolute atomic E-state index is 14.2. The van der Waals surface area contributed by atoms with Gasteiger partial charge in [0, 0.05) is 32.6 Å². The van der Waals surface area contributed by atoms with Gasteiger partial charge in [-0.2, -0.15) is 0 Å². The van der Waals surface area contributed by atoms with Crippen molar-refractivity contribution in [3.05, 3.63) is 29.3 Å². The third kappa shape index (κ3) is 4.80. The van der Waals surface area contributed by atoms with Gasteiger partial charge < -0.3 is 20.7 Å². The number of ether oxygens (including phenoxy) is 1. The number of alkyl carbamates (subject to hydrolysis) is 1. The standard InChI is InChI=1S/C17H27F2N3O2/c1-16(2,3)24-15(23)21-10-17(4,9-20)11-7-8-12(18)13(19)14(11)22(5)6/h7-8H,9-10,20H2,1-6H3,(H,21,23). The van der Waals surface area contributed by atoms with Crippen molar-refractivity contribution in [2.75, 3.05) is 32.1 Å². The molecule has 0 saturated heterocycles. The first-order valence-corrected chi connectivity index (χ1v) is 7.74. The number of nitrogens with two attached hydrogens (primary N) is 1. The molecule has 24 heavy (non-hydrogen) atoms. The zero-order valence-corrected chi connectivity index (χ0v) is 15.2. The molecule has 0 saturated carbocycles. The van der Waals surface area contributed by atoms with Crippen molar-refractivity contribution in [3.63, 3.8) is 0 Å². The normalized spacial score (nSPS) is 14.0. The van der Waals surface area contributed by atoms with Crippen LogP contribution in [-0.4, -0.2) is 38.9 Å². The van der Waals surface area contributed by atoms with E-state index in [1.54, 1.807) is 41.8 Å². The van der Waals surface area contributed by atoms with E-state index in [1.165, 1.54) is 11.0 Å². The van der Waals surface area contributed by atoms with Crippen molar-refractivity contribution in [1.82, 2.24) is 5.32 Å². The molecule has 0 spiro atoms. The summed E-state index contributed by atoms with van der Waals surface area (Å²) in [5.74, 6) is -1.86. The van der Waals surface area contributed by atoms with Crippen LogP contribution in [0.4, 0.5) is 19.3 Å². The zero-order chi connectivity index (χ0) is 18.7. The van der Waals surface area contributed by atoms with E-state index >= 15 is 0 Å². The average molecular weight is 343 g/mol. The highest BCUT2D eigenvalue weighted by molar-refractivity contribution is 5.68. The fraction of sp³-hybridized carbons (Fsp3) is 0.588. The van der Waals surface area contributed by atoms with Gasteiger partial charge in [-0.1, -0.05) is 13.0 Å². The smallest absolute Gasteiger partial charge is 0.407 e. The van der Waals surface area contributed by atoms with Crippen LogP contribution >= 0.6 is 0 Å². The molecule has 1 atom stereocenters. The number of hydrogen-bond donors (Lipinski definition) is 2. The number of halogens is 2. The molecule has 1 amide bonds. The molecule has 1 unspecified atom stereocenters. The Balaban J connectivity index is 3.12. The molecule has 7 heteroatoms. The Kier molecular flexibility index (Phi) is 6.16. The quantitative estimate of drug-likeness (QED) is 0.863. The Morgan fingerprint density at radius 3 is 2.29 bits per heavy atom. The van der Waals surface area contributed by atoms with Crippen LogP contribution in [-0.2, 0) is 10.2 Å². The Bertz CT molecular complexity index is 600. The van der Waals surface area contributed by atoms with Crippen LogP contribution in [0.3, 0.4) is 0 Å². The van der Waals surface area contributed by atoms with Crippen LogP contribution in [0.15, 0.2) is 12.1 Å². The van der Waals surface area contributed by atoms with Crippen LogP contribution in [0.1, 0.15) is 33.3 Å². The molecular formula is C17H27F2N3O2. The van der Waals surface area contributed by atoms with Gasteiger partial charge >= 0.3 is 6.09 Å². The lowest BCUT2D eigenvalue weighted by Crippen LogP contribution is -2.46. The number of hydrogen-bond acceptors (Lipinski definition) is 4. The van der Waals surface area contributed by atoms with E-state index in [4.69, 9.17) is 10.5 Å². The molecule has 0 aliphatic carbocycles. The molecule has 0 bridgehead atoms. The van der Waals surface area contributed by atoms with Gasteiger partial charge in [0.2, 0.25) is 0 Å². The van der Waals surface area contributed by atoms with Gasteiger partial charge in [-0.15, -0.1) is 0 Å². The number of nitrogens with zero attached hydrogens (tertiary/aromatic N) is 1. The minimum absolute atomic E-state index is 0.119. The van der Waals surface area contributed by atoms with E-state index < -0.39 is 28.7 Å². The van der Waals surface area contributed by atoms with E-state index in [1.807, 2.05) is 0 Å². The molecule has 1 aromatic rings. The zero-order valence-electron chi connectivity index (χ0n) is 15.2. The van der Waals surface area contributed by atoms with Crippen molar-refractivity contribution < 1.29 is 18.3 Å². The fourth-order valence-corrected chi connectivity index (χ4v) is 2.32. The van der Waals surface area contributed by atoms with Crippen LogP contribution in [0, 0.1) is 11.6 Å². The number of anilines is 1. The Morgan fingerprint density at radius 1 is 1.25 bits per heavy atom. The molecule has 0 aliphatic heterocycles. The molecule has 0 heterocycles. The fourth-order valence-electron chi connectivity index (χ4n) is 2.32. The SMILES string of the molecule is CN(C)c1c(C(C)(CN)CNC(=O)OC(C)(C)C)ccc(F)c1F. The lowest BCUT2D eigenvalue weighted by molar-refractivity contribution is 0.0516. The summed E-state index contributed by atoms with van der Waals surface area (Å²) < 4.78 is 33.0. The predicted octanol–water partition coefficient (Wildman–Crippen LogP) is 2.77. The Morgan fingerprint density at radius 2 is 1.83 bits per heavy atom. The molecule has 0 aromatic heterocycles. The average Bonchev–Trinajstić information content (AvgIpc) is 2.45. The number of carbonyl (C=O) groups is 1. The number of amides is 1. The van der Waals surface area contributed by atoms with Crippen molar-refractivity contribution >= 4 is 11.8 Å². The first-order chi connectivity index (χ1) is 10.9.